The second-order valence-electron chi connectivity index (χ2n) is 5.67. The molecule has 1 aromatic carbocycles. The number of anilines is 1. The maximum absolute atomic E-state index is 4.81. The van der Waals surface area contributed by atoms with Crippen LogP contribution in [0.5, 0.6) is 0 Å². The van der Waals surface area contributed by atoms with E-state index in [2.05, 4.69) is 60.9 Å². The summed E-state index contributed by atoms with van der Waals surface area (Å²) >= 11 is 0. The number of hydrogen-bond donors (Lipinski definition) is 0. The maximum atomic E-state index is 4.81. The zero-order chi connectivity index (χ0) is 14.8. The van der Waals surface area contributed by atoms with Crippen molar-refractivity contribution < 1.29 is 0 Å². The molecule has 22 heavy (non-hydrogen) atoms. The van der Waals surface area contributed by atoms with Crippen LogP contribution in [0.1, 0.15) is 18.5 Å². The minimum atomic E-state index is 0.857. The molecular weight excluding hydrogens is 270 g/mol. The average molecular weight is 288 g/mol. The highest BCUT2D eigenvalue weighted by Gasteiger charge is 2.24. The number of rotatable bonds is 3. The molecule has 0 N–H and O–H groups in total. The predicted octanol–water partition coefficient (Wildman–Crippen LogP) is 3.50. The SMILES string of the molecule is [CH]1[CH][CH][C](c2cc(-c3ccccc3)nc(N3CCCC3)n2)[CH]1. The van der Waals surface area contributed by atoms with E-state index in [-0.39, 0.29) is 0 Å². The van der Waals surface area contributed by atoms with Gasteiger partial charge in [0, 0.05) is 24.6 Å². The van der Waals surface area contributed by atoms with Crippen molar-refractivity contribution in [2.45, 2.75) is 12.8 Å². The maximum Gasteiger partial charge on any atom is 0.226 e. The summed E-state index contributed by atoms with van der Waals surface area (Å²) in [7, 11) is 0. The molecule has 0 amide bonds. The van der Waals surface area contributed by atoms with Gasteiger partial charge < -0.3 is 4.90 Å². The summed E-state index contributed by atoms with van der Waals surface area (Å²) in [6.07, 6.45) is 10.8. The van der Waals surface area contributed by atoms with Crippen molar-refractivity contribution in [1.82, 2.24) is 9.97 Å². The molecule has 3 heteroatoms. The van der Waals surface area contributed by atoms with Gasteiger partial charge in [-0.25, -0.2) is 9.97 Å². The molecule has 2 heterocycles. The lowest BCUT2D eigenvalue weighted by Gasteiger charge is -2.18. The normalized spacial score (nSPS) is 19.0. The molecule has 109 valence electrons. The molecule has 0 unspecified atom stereocenters. The second-order valence-corrected chi connectivity index (χ2v) is 5.67. The first-order valence-electron chi connectivity index (χ1n) is 7.82. The topological polar surface area (TPSA) is 29.0 Å². The Kier molecular flexibility index (Phi) is 3.79. The molecule has 1 aromatic heterocycles. The molecule has 5 radical (unpaired) electrons. The quantitative estimate of drug-likeness (QED) is 0.865. The van der Waals surface area contributed by atoms with Gasteiger partial charge in [-0.2, -0.15) is 0 Å². The van der Waals surface area contributed by atoms with Crippen molar-refractivity contribution in [2.75, 3.05) is 18.0 Å². The zero-order valence-corrected chi connectivity index (χ0v) is 12.4. The van der Waals surface area contributed by atoms with E-state index in [9.17, 15) is 0 Å². The lowest BCUT2D eigenvalue weighted by molar-refractivity contribution is 0.888. The molecule has 0 atom stereocenters. The van der Waals surface area contributed by atoms with Gasteiger partial charge in [-0.1, -0.05) is 30.3 Å². The minimum Gasteiger partial charge on any atom is -0.341 e. The Morgan fingerprint density at radius 2 is 1.50 bits per heavy atom. The highest BCUT2D eigenvalue weighted by Crippen LogP contribution is 2.32. The Bertz CT molecular complexity index is 592. The highest BCUT2D eigenvalue weighted by molar-refractivity contribution is 5.63. The minimum absolute atomic E-state index is 0.857. The second kappa shape index (κ2) is 6.07. The largest absolute Gasteiger partial charge is 0.341 e. The Labute approximate surface area is 132 Å². The summed E-state index contributed by atoms with van der Waals surface area (Å²) in [6.45, 7) is 2.11. The summed E-state index contributed by atoms with van der Waals surface area (Å²) in [5.74, 6) is 2.01. The molecule has 2 aromatic rings. The van der Waals surface area contributed by atoms with Gasteiger partial charge in [0.2, 0.25) is 5.95 Å². The van der Waals surface area contributed by atoms with E-state index in [1.54, 1.807) is 0 Å². The van der Waals surface area contributed by atoms with E-state index in [0.29, 0.717) is 0 Å². The third-order valence-corrected chi connectivity index (χ3v) is 4.13. The first kappa shape index (κ1) is 13.7. The van der Waals surface area contributed by atoms with Crippen LogP contribution in [0.15, 0.2) is 36.4 Å². The Balaban J connectivity index is 1.76. The monoisotopic (exact) mass is 288 g/mol. The van der Waals surface area contributed by atoms with Crippen LogP contribution in [0.25, 0.3) is 11.3 Å². The van der Waals surface area contributed by atoms with Gasteiger partial charge in [-0.05, 0) is 44.6 Å². The van der Waals surface area contributed by atoms with Gasteiger partial charge in [0.15, 0.2) is 0 Å². The first-order valence-corrected chi connectivity index (χ1v) is 7.82. The van der Waals surface area contributed by atoms with Crippen LogP contribution in [0, 0.1) is 31.6 Å². The number of aromatic nitrogens is 2. The summed E-state index contributed by atoms with van der Waals surface area (Å²) < 4.78 is 0. The van der Waals surface area contributed by atoms with Gasteiger partial charge in [-0.3, -0.25) is 0 Å². The molecule has 1 saturated carbocycles. The lowest BCUT2D eigenvalue weighted by atomic mass is 10.0. The Morgan fingerprint density at radius 1 is 0.818 bits per heavy atom. The van der Waals surface area contributed by atoms with Crippen LogP contribution in [-0.2, 0) is 0 Å². The van der Waals surface area contributed by atoms with Crippen LogP contribution < -0.4 is 4.90 Å². The van der Waals surface area contributed by atoms with Gasteiger partial charge in [0.25, 0.3) is 0 Å². The summed E-state index contributed by atoms with van der Waals surface area (Å²) in [6, 6.07) is 12.4. The Hall–Kier alpha value is -1.90. The molecule has 2 aliphatic rings. The molecule has 1 aliphatic carbocycles. The number of hydrogen-bond acceptors (Lipinski definition) is 3. The van der Waals surface area contributed by atoms with Crippen molar-refractivity contribution in [3.63, 3.8) is 0 Å². The molecular formula is C19H18N3. The van der Waals surface area contributed by atoms with Crippen LogP contribution in [0.2, 0.25) is 0 Å². The van der Waals surface area contributed by atoms with E-state index in [1.165, 1.54) is 12.8 Å². The van der Waals surface area contributed by atoms with E-state index >= 15 is 0 Å². The average Bonchev–Trinajstić information content (AvgIpc) is 3.29. The molecule has 3 nitrogen and oxygen atoms in total. The fourth-order valence-corrected chi connectivity index (χ4v) is 2.94. The molecule has 0 spiro atoms. The molecule has 2 fully saturated rings. The van der Waals surface area contributed by atoms with Crippen molar-refractivity contribution in [1.29, 1.82) is 0 Å². The molecule has 0 bridgehead atoms. The van der Waals surface area contributed by atoms with E-state index in [4.69, 9.17) is 9.97 Å². The van der Waals surface area contributed by atoms with E-state index in [0.717, 1.165) is 41.9 Å². The standard InChI is InChI=1S/C19H18N3/c1-2-8-15(9-3-1)17-14-18(16-10-4-5-11-16)21-19(20-17)22-12-6-7-13-22/h1-5,8-11,14H,6-7,12-13H2. The van der Waals surface area contributed by atoms with E-state index in [1.807, 2.05) is 6.07 Å². The van der Waals surface area contributed by atoms with Crippen LogP contribution >= 0.6 is 0 Å². The number of nitrogens with zero attached hydrogens (tertiary/aromatic N) is 3. The number of benzene rings is 1. The van der Waals surface area contributed by atoms with Crippen LogP contribution in [0.4, 0.5) is 5.95 Å². The molecule has 1 saturated heterocycles. The fraction of sp³-hybridized carbons (Fsp3) is 0.211. The third-order valence-electron chi connectivity index (χ3n) is 4.13. The van der Waals surface area contributed by atoms with Crippen LogP contribution in [-0.4, -0.2) is 23.1 Å². The Morgan fingerprint density at radius 3 is 2.23 bits per heavy atom. The van der Waals surface area contributed by atoms with Crippen LogP contribution in [0.3, 0.4) is 0 Å². The summed E-state index contributed by atoms with van der Waals surface area (Å²) in [5.41, 5.74) is 3.13. The van der Waals surface area contributed by atoms with E-state index < -0.39 is 0 Å². The fourth-order valence-electron chi connectivity index (χ4n) is 2.94. The van der Waals surface area contributed by atoms with Crippen molar-refractivity contribution in [3.05, 3.63) is 73.7 Å². The highest BCUT2D eigenvalue weighted by atomic mass is 15.3. The smallest absolute Gasteiger partial charge is 0.226 e. The molecule has 1 aliphatic heterocycles. The summed E-state index contributed by atoms with van der Waals surface area (Å²) in [4.78, 5) is 11.9. The van der Waals surface area contributed by atoms with Gasteiger partial charge in [-0.15, -0.1) is 0 Å². The predicted molar refractivity (Wildman–Crippen MR) is 88.5 cm³/mol. The van der Waals surface area contributed by atoms with Gasteiger partial charge >= 0.3 is 0 Å². The van der Waals surface area contributed by atoms with Gasteiger partial charge in [0.05, 0.1) is 11.4 Å². The van der Waals surface area contributed by atoms with Crippen molar-refractivity contribution in [3.8, 4) is 11.3 Å². The third kappa shape index (κ3) is 2.72. The summed E-state index contributed by atoms with van der Waals surface area (Å²) in [5, 5.41) is 0. The lowest BCUT2D eigenvalue weighted by Crippen LogP contribution is -2.21. The van der Waals surface area contributed by atoms with Crippen molar-refractivity contribution in [2.24, 2.45) is 0 Å². The van der Waals surface area contributed by atoms with Gasteiger partial charge in [0.1, 0.15) is 0 Å². The van der Waals surface area contributed by atoms with Crippen molar-refractivity contribution >= 4 is 5.95 Å². The zero-order valence-electron chi connectivity index (χ0n) is 12.4. The molecule has 4 rings (SSSR count). The first-order chi connectivity index (χ1) is 10.9.